The second-order valence-corrected chi connectivity index (χ2v) is 4.50. The molecule has 1 aromatic carbocycles. The Hall–Kier alpha value is -0.900. The summed E-state index contributed by atoms with van der Waals surface area (Å²) in [5.74, 6) is 6.32. The Balaban J connectivity index is 1.99. The molecule has 1 aliphatic carbocycles. The Morgan fingerprint density at radius 3 is 2.56 bits per heavy atom. The van der Waals surface area contributed by atoms with E-state index in [0.29, 0.717) is 5.92 Å². The van der Waals surface area contributed by atoms with Gasteiger partial charge in [-0.05, 0) is 30.7 Å². The van der Waals surface area contributed by atoms with Crippen molar-refractivity contribution in [2.75, 3.05) is 7.11 Å². The highest BCUT2D eigenvalue weighted by Gasteiger charge is 2.36. The van der Waals surface area contributed by atoms with E-state index in [2.05, 4.69) is 29.7 Å². The quantitative estimate of drug-likeness (QED) is 0.564. The molecule has 3 N–H and O–H groups in total. The number of rotatable bonds is 6. The molecule has 1 aliphatic rings. The first kappa shape index (κ1) is 11.6. The van der Waals surface area contributed by atoms with Gasteiger partial charge in [0, 0.05) is 7.11 Å². The van der Waals surface area contributed by atoms with Crippen molar-refractivity contribution in [2.45, 2.75) is 31.4 Å². The molecule has 3 heteroatoms. The lowest BCUT2D eigenvalue weighted by Gasteiger charge is -2.25. The number of methoxy groups -OCH3 is 1. The molecule has 0 aliphatic heterocycles. The van der Waals surface area contributed by atoms with Crippen LogP contribution in [0.3, 0.4) is 0 Å². The highest BCUT2D eigenvalue weighted by Crippen LogP contribution is 2.36. The molecule has 0 aromatic heterocycles. The molecule has 0 spiro atoms. The molecule has 1 saturated carbocycles. The molecule has 3 nitrogen and oxygen atoms in total. The van der Waals surface area contributed by atoms with Crippen molar-refractivity contribution in [1.82, 2.24) is 5.43 Å². The summed E-state index contributed by atoms with van der Waals surface area (Å²) < 4.78 is 5.56. The number of hydrogen-bond donors (Lipinski definition) is 2. The molecule has 0 amide bonds. The molecule has 0 bridgehead atoms. The van der Waals surface area contributed by atoms with Crippen LogP contribution in [0.4, 0.5) is 0 Å². The molecule has 88 valence electrons. The maximum absolute atomic E-state index is 5.63. The summed E-state index contributed by atoms with van der Waals surface area (Å²) in [4.78, 5) is 0. The third kappa shape index (κ3) is 2.82. The van der Waals surface area contributed by atoms with E-state index in [0.717, 1.165) is 6.42 Å². The monoisotopic (exact) mass is 220 g/mol. The van der Waals surface area contributed by atoms with Crippen LogP contribution in [0.25, 0.3) is 0 Å². The van der Waals surface area contributed by atoms with Gasteiger partial charge in [0.2, 0.25) is 0 Å². The molecule has 1 fully saturated rings. The fourth-order valence-electron chi connectivity index (χ4n) is 2.25. The third-order valence-corrected chi connectivity index (χ3v) is 3.27. The zero-order valence-electron chi connectivity index (χ0n) is 9.73. The second-order valence-electron chi connectivity index (χ2n) is 4.50. The summed E-state index contributed by atoms with van der Waals surface area (Å²) in [7, 11) is 1.78. The zero-order chi connectivity index (χ0) is 11.4. The van der Waals surface area contributed by atoms with Crippen LogP contribution >= 0.6 is 0 Å². The van der Waals surface area contributed by atoms with E-state index >= 15 is 0 Å². The molecule has 2 rings (SSSR count). The lowest BCUT2D eigenvalue weighted by molar-refractivity contribution is 0.0511. The summed E-state index contributed by atoms with van der Waals surface area (Å²) in [6.07, 6.45) is 3.70. The molecular weight excluding hydrogens is 200 g/mol. The summed E-state index contributed by atoms with van der Waals surface area (Å²) in [6.45, 7) is 0. The minimum atomic E-state index is 0.208. The fourth-order valence-corrected chi connectivity index (χ4v) is 2.25. The van der Waals surface area contributed by atoms with Gasteiger partial charge >= 0.3 is 0 Å². The molecule has 0 radical (unpaired) electrons. The molecule has 16 heavy (non-hydrogen) atoms. The summed E-state index contributed by atoms with van der Waals surface area (Å²) in [6, 6.07) is 10.6. The van der Waals surface area contributed by atoms with Crippen LogP contribution < -0.4 is 11.3 Å². The Morgan fingerprint density at radius 2 is 2.06 bits per heavy atom. The average Bonchev–Trinajstić information content (AvgIpc) is 3.14. The topological polar surface area (TPSA) is 47.3 Å². The highest BCUT2D eigenvalue weighted by molar-refractivity contribution is 5.16. The Labute approximate surface area is 97.0 Å². The van der Waals surface area contributed by atoms with Gasteiger partial charge in [-0.2, -0.15) is 0 Å². The van der Waals surface area contributed by atoms with Crippen LogP contribution in [0.1, 0.15) is 18.4 Å². The van der Waals surface area contributed by atoms with Gasteiger partial charge in [-0.15, -0.1) is 0 Å². The predicted octanol–water partition coefficient (Wildman–Crippen LogP) is 1.49. The van der Waals surface area contributed by atoms with Gasteiger partial charge < -0.3 is 4.74 Å². The molecular formula is C13H20N2O. The molecule has 0 saturated heterocycles. The van der Waals surface area contributed by atoms with Gasteiger partial charge in [0.25, 0.3) is 0 Å². The van der Waals surface area contributed by atoms with Crippen LogP contribution in [0.5, 0.6) is 0 Å². The van der Waals surface area contributed by atoms with Gasteiger partial charge in [0.05, 0.1) is 12.1 Å². The number of benzene rings is 1. The fraction of sp³-hybridized carbons (Fsp3) is 0.538. The van der Waals surface area contributed by atoms with Gasteiger partial charge in [0.1, 0.15) is 0 Å². The molecule has 2 atom stereocenters. The van der Waals surface area contributed by atoms with Gasteiger partial charge in [-0.25, -0.2) is 0 Å². The number of nitrogens with two attached hydrogens (primary N) is 1. The smallest absolute Gasteiger partial charge is 0.0769 e. The van der Waals surface area contributed by atoms with Crippen molar-refractivity contribution in [2.24, 2.45) is 11.8 Å². The van der Waals surface area contributed by atoms with Crippen molar-refractivity contribution in [1.29, 1.82) is 0 Å². The largest absolute Gasteiger partial charge is 0.379 e. The Kier molecular flexibility index (Phi) is 3.93. The second kappa shape index (κ2) is 5.43. The van der Waals surface area contributed by atoms with E-state index in [4.69, 9.17) is 10.6 Å². The van der Waals surface area contributed by atoms with Gasteiger partial charge in [-0.3, -0.25) is 11.3 Å². The van der Waals surface area contributed by atoms with Crippen LogP contribution in [0.2, 0.25) is 0 Å². The van der Waals surface area contributed by atoms with Crippen molar-refractivity contribution in [3.8, 4) is 0 Å². The van der Waals surface area contributed by atoms with E-state index in [1.54, 1.807) is 7.11 Å². The van der Waals surface area contributed by atoms with Crippen LogP contribution in [-0.2, 0) is 11.2 Å². The minimum absolute atomic E-state index is 0.208. The summed E-state index contributed by atoms with van der Waals surface area (Å²) >= 11 is 0. The number of hydrazine groups is 1. The van der Waals surface area contributed by atoms with E-state index in [9.17, 15) is 0 Å². The molecule has 1 aromatic rings. The van der Waals surface area contributed by atoms with Crippen molar-refractivity contribution < 1.29 is 4.74 Å². The average molecular weight is 220 g/mol. The summed E-state index contributed by atoms with van der Waals surface area (Å²) in [5, 5.41) is 0. The first-order valence-corrected chi connectivity index (χ1v) is 5.88. The molecule has 0 heterocycles. The maximum Gasteiger partial charge on any atom is 0.0769 e. The third-order valence-electron chi connectivity index (χ3n) is 3.27. The predicted molar refractivity (Wildman–Crippen MR) is 64.8 cm³/mol. The number of nitrogens with one attached hydrogen (secondary N) is 1. The lowest BCUT2D eigenvalue weighted by atomic mass is 9.99. The number of hydrogen-bond acceptors (Lipinski definition) is 3. The zero-order valence-corrected chi connectivity index (χ0v) is 9.73. The minimum Gasteiger partial charge on any atom is -0.379 e. The van der Waals surface area contributed by atoms with Crippen LogP contribution in [-0.4, -0.2) is 19.3 Å². The normalized spacial score (nSPS) is 19.4. The number of ether oxygens (including phenoxy) is 1. The van der Waals surface area contributed by atoms with Crippen molar-refractivity contribution in [3.05, 3.63) is 35.9 Å². The van der Waals surface area contributed by atoms with Crippen LogP contribution in [0, 0.1) is 5.92 Å². The van der Waals surface area contributed by atoms with E-state index in [-0.39, 0.29) is 12.1 Å². The van der Waals surface area contributed by atoms with Crippen LogP contribution in [0.15, 0.2) is 30.3 Å². The van der Waals surface area contributed by atoms with Gasteiger partial charge in [0.15, 0.2) is 0 Å². The maximum atomic E-state index is 5.63. The van der Waals surface area contributed by atoms with Gasteiger partial charge in [-0.1, -0.05) is 30.3 Å². The SMILES string of the molecule is COC(C1CC1)C(Cc1ccccc1)NN. The Morgan fingerprint density at radius 1 is 1.38 bits per heavy atom. The van der Waals surface area contributed by atoms with Crippen molar-refractivity contribution >= 4 is 0 Å². The van der Waals surface area contributed by atoms with Crippen molar-refractivity contribution in [3.63, 3.8) is 0 Å². The first-order valence-electron chi connectivity index (χ1n) is 5.88. The molecule has 2 unspecified atom stereocenters. The standard InChI is InChI=1S/C13H20N2O/c1-16-13(11-7-8-11)12(15-14)9-10-5-3-2-4-6-10/h2-6,11-13,15H,7-9,14H2,1H3. The first-order chi connectivity index (χ1) is 7.85. The van der Waals surface area contributed by atoms with E-state index < -0.39 is 0 Å². The summed E-state index contributed by atoms with van der Waals surface area (Å²) in [5.41, 5.74) is 4.20. The lowest BCUT2D eigenvalue weighted by Crippen LogP contribution is -2.47. The highest BCUT2D eigenvalue weighted by atomic mass is 16.5. The Bertz CT molecular complexity index is 311. The van der Waals surface area contributed by atoms with E-state index in [1.807, 2.05) is 6.07 Å². The van der Waals surface area contributed by atoms with E-state index in [1.165, 1.54) is 18.4 Å².